The summed E-state index contributed by atoms with van der Waals surface area (Å²) in [5, 5.41) is 12.1. The summed E-state index contributed by atoms with van der Waals surface area (Å²) < 4.78 is 0. The molecule has 1 atom stereocenters. The Labute approximate surface area is 154 Å². The highest BCUT2D eigenvalue weighted by atomic mass is 15.2. The Hall–Kier alpha value is -2.82. The Bertz CT molecular complexity index is 831. The number of aromatic nitrogens is 4. The second-order valence-electron chi connectivity index (χ2n) is 6.38. The van der Waals surface area contributed by atoms with Crippen LogP contribution >= 0.6 is 0 Å². The summed E-state index contributed by atoms with van der Waals surface area (Å²) in [6.45, 7) is 6.26. The third-order valence-corrected chi connectivity index (χ3v) is 4.42. The molecule has 5 heteroatoms. The zero-order valence-corrected chi connectivity index (χ0v) is 15.6. The van der Waals surface area contributed by atoms with Crippen molar-refractivity contribution in [3.63, 3.8) is 0 Å². The third-order valence-electron chi connectivity index (χ3n) is 4.42. The number of pyridine rings is 1. The molecular weight excluding hydrogens is 322 g/mol. The average molecular weight is 347 g/mol. The topological polar surface area (TPSA) is 63.6 Å². The van der Waals surface area contributed by atoms with E-state index in [9.17, 15) is 0 Å². The lowest BCUT2D eigenvalue weighted by Crippen LogP contribution is -2.18. The van der Waals surface area contributed by atoms with E-state index in [-0.39, 0.29) is 6.04 Å². The molecule has 3 rings (SSSR count). The van der Waals surface area contributed by atoms with Gasteiger partial charge in [-0.25, -0.2) is 4.98 Å². The minimum Gasteiger partial charge on any atom is -0.344 e. The fourth-order valence-electron chi connectivity index (χ4n) is 2.93. The molecule has 3 aromatic rings. The first kappa shape index (κ1) is 18.0. The van der Waals surface area contributed by atoms with Crippen LogP contribution in [0.2, 0.25) is 0 Å². The zero-order valence-electron chi connectivity index (χ0n) is 15.6. The zero-order chi connectivity index (χ0) is 18.4. The summed E-state index contributed by atoms with van der Waals surface area (Å²) in [6, 6.07) is 14.5. The van der Waals surface area contributed by atoms with Crippen molar-refractivity contribution in [1.29, 1.82) is 0 Å². The van der Waals surface area contributed by atoms with Gasteiger partial charge in [0.1, 0.15) is 0 Å². The van der Waals surface area contributed by atoms with E-state index in [0.717, 1.165) is 36.3 Å². The Morgan fingerprint density at radius 2 is 1.69 bits per heavy atom. The molecule has 0 spiro atoms. The molecule has 1 aromatic carbocycles. The van der Waals surface area contributed by atoms with Gasteiger partial charge in [-0.05, 0) is 43.9 Å². The molecule has 1 N–H and O–H groups in total. The lowest BCUT2D eigenvalue weighted by atomic mass is 10.0. The summed E-state index contributed by atoms with van der Waals surface area (Å²) in [6.07, 6.45) is 4.31. The molecule has 0 saturated carbocycles. The van der Waals surface area contributed by atoms with E-state index < -0.39 is 0 Å². The van der Waals surface area contributed by atoms with Crippen molar-refractivity contribution in [2.75, 3.05) is 5.32 Å². The first-order valence-electron chi connectivity index (χ1n) is 9.15. The van der Waals surface area contributed by atoms with Gasteiger partial charge in [0.15, 0.2) is 0 Å². The average Bonchev–Trinajstić information content (AvgIpc) is 2.69. The SMILES string of the molecule is CCc1nnc(NC(Cc2ccc(C)cc2)c2ccccn2)nc1CC. The standard InChI is InChI=1S/C21H25N5/c1-4-17-18(5-2)25-26-21(23-17)24-20(19-8-6-7-13-22-19)14-16-11-9-15(3)10-12-16/h6-13,20H,4-5,14H2,1-3H3,(H,23,24,26). The van der Waals surface area contributed by atoms with Crippen molar-refractivity contribution >= 4 is 5.95 Å². The maximum atomic E-state index is 4.67. The van der Waals surface area contributed by atoms with Crippen molar-refractivity contribution in [1.82, 2.24) is 20.2 Å². The Kier molecular flexibility index (Phi) is 5.89. The van der Waals surface area contributed by atoms with Gasteiger partial charge in [0.05, 0.1) is 23.1 Å². The first-order valence-corrected chi connectivity index (χ1v) is 9.15. The van der Waals surface area contributed by atoms with Gasteiger partial charge in [-0.1, -0.05) is 49.7 Å². The van der Waals surface area contributed by atoms with Gasteiger partial charge in [0.2, 0.25) is 5.95 Å². The fraction of sp³-hybridized carbons (Fsp3) is 0.333. The minimum absolute atomic E-state index is 0.0158. The maximum absolute atomic E-state index is 4.67. The van der Waals surface area contributed by atoms with Gasteiger partial charge in [0.25, 0.3) is 0 Å². The van der Waals surface area contributed by atoms with Crippen molar-refractivity contribution in [2.45, 2.75) is 46.1 Å². The summed E-state index contributed by atoms with van der Waals surface area (Å²) >= 11 is 0. The number of hydrogen-bond acceptors (Lipinski definition) is 5. The van der Waals surface area contributed by atoms with Crippen molar-refractivity contribution in [3.8, 4) is 0 Å². The molecule has 26 heavy (non-hydrogen) atoms. The van der Waals surface area contributed by atoms with E-state index in [2.05, 4.69) is 70.5 Å². The van der Waals surface area contributed by atoms with Crippen LogP contribution in [0.1, 0.15) is 48.1 Å². The van der Waals surface area contributed by atoms with Crippen LogP contribution in [-0.2, 0) is 19.3 Å². The van der Waals surface area contributed by atoms with Gasteiger partial charge >= 0.3 is 0 Å². The molecule has 0 radical (unpaired) electrons. The fourth-order valence-corrected chi connectivity index (χ4v) is 2.93. The van der Waals surface area contributed by atoms with Crippen LogP contribution in [0.5, 0.6) is 0 Å². The smallest absolute Gasteiger partial charge is 0.243 e. The molecule has 0 amide bonds. The largest absolute Gasteiger partial charge is 0.344 e. The molecule has 0 saturated heterocycles. The van der Waals surface area contributed by atoms with Gasteiger partial charge < -0.3 is 5.32 Å². The van der Waals surface area contributed by atoms with E-state index in [1.165, 1.54) is 11.1 Å². The van der Waals surface area contributed by atoms with Crippen LogP contribution < -0.4 is 5.32 Å². The van der Waals surface area contributed by atoms with E-state index in [1.54, 1.807) is 0 Å². The molecule has 1 unspecified atom stereocenters. The Balaban J connectivity index is 1.87. The number of aryl methyl sites for hydroxylation is 3. The second kappa shape index (κ2) is 8.52. The summed E-state index contributed by atoms with van der Waals surface area (Å²) in [5.41, 5.74) is 5.43. The predicted octanol–water partition coefficient (Wildman–Crippen LogP) is 4.10. The van der Waals surface area contributed by atoms with E-state index in [4.69, 9.17) is 0 Å². The highest BCUT2D eigenvalue weighted by molar-refractivity contribution is 5.33. The normalized spacial score (nSPS) is 12.0. The van der Waals surface area contributed by atoms with Gasteiger partial charge in [-0.2, -0.15) is 5.10 Å². The van der Waals surface area contributed by atoms with Gasteiger partial charge in [-0.15, -0.1) is 5.10 Å². The molecule has 0 fully saturated rings. The van der Waals surface area contributed by atoms with Crippen LogP contribution in [0.25, 0.3) is 0 Å². The van der Waals surface area contributed by atoms with Crippen molar-refractivity contribution in [2.24, 2.45) is 0 Å². The van der Waals surface area contributed by atoms with Crippen molar-refractivity contribution < 1.29 is 0 Å². The molecule has 5 nitrogen and oxygen atoms in total. The quantitative estimate of drug-likeness (QED) is 0.697. The van der Waals surface area contributed by atoms with Crippen molar-refractivity contribution in [3.05, 3.63) is 76.9 Å². The van der Waals surface area contributed by atoms with Crippen LogP contribution in [0.4, 0.5) is 5.95 Å². The minimum atomic E-state index is -0.0158. The van der Waals surface area contributed by atoms with Crippen LogP contribution in [0.15, 0.2) is 48.7 Å². The van der Waals surface area contributed by atoms with Gasteiger partial charge in [0, 0.05) is 6.20 Å². The number of nitrogens with zero attached hydrogens (tertiary/aromatic N) is 4. The van der Waals surface area contributed by atoms with Crippen LogP contribution in [0.3, 0.4) is 0 Å². The Morgan fingerprint density at radius 3 is 2.35 bits per heavy atom. The van der Waals surface area contributed by atoms with E-state index in [1.807, 2.05) is 24.4 Å². The lowest BCUT2D eigenvalue weighted by molar-refractivity contribution is 0.719. The Morgan fingerprint density at radius 1 is 0.923 bits per heavy atom. The number of benzene rings is 1. The number of hydrogen-bond donors (Lipinski definition) is 1. The van der Waals surface area contributed by atoms with Crippen LogP contribution in [0, 0.1) is 6.92 Å². The summed E-state index contributed by atoms with van der Waals surface area (Å²) in [7, 11) is 0. The number of rotatable bonds is 7. The second-order valence-corrected chi connectivity index (χ2v) is 6.38. The predicted molar refractivity (Wildman–Crippen MR) is 104 cm³/mol. The third kappa shape index (κ3) is 4.42. The highest BCUT2D eigenvalue weighted by Crippen LogP contribution is 2.21. The highest BCUT2D eigenvalue weighted by Gasteiger charge is 2.16. The first-order chi connectivity index (χ1) is 12.7. The maximum Gasteiger partial charge on any atom is 0.243 e. The molecule has 0 bridgehead atoms. The van der Waals surface area contributed by atoms with Gasteiger partial charge in [-0.3, -0.25) is 4.98 Å². The number of nitrogens with one attached hydrogen (secondary N) is 1. The summed E-state index contributed by atoms with van der Waals surface area (Å²) in [5.74, 6) is 0.557. The monoisotopic (exact) mass is 347 g/mol. The molecule has 0 aliphatic heterocycles. The molecule has 2 heterocycles. The lowest BCUT2D eigenvalue weighted by Gasteiger charge is -2.19. The molecule has 134 valence electrons. The van der Waals surface area contributed by atoms with E-state index in [0.29, 0.717) is 5.95 Å². The summed E-state index contributed by atoms with van der Waals surface area (Å²) in [4.78, 5) is 9.20. The van der Waals surface area contributed by atoms with E-state index >= 15 is 0 Å². The number of anilines is 1. The molecule has 0 aliphatic carbocycles. The van der Waals surface area contributed by atoms with Crippen LogP contribution in [-0.4, -0.2) is 20.2 Å². The molecule has 0 aliphatic rings. The molecule has 2 aromatic heterocycles. The molecular formula is C21H25N5.